The summed E-state index contributed by atoms with van der Waals surface area (Å²) >= 11 is 0. The fraction of sp³-hybridized carbons (Fsp3) is 0.448. The van der Waals surface area contributed by atoms with Gasteiger partial charge in [0.05, 0.1) is 16.7 Å². The highest BCUT2D eigenvalue weighted by Crippen LogP contribution is 2.42. The molecule has 3 heterocycles. The van der Waals surface area contributed by atoms with Crippen molar-refractivity contribution in [2.75, 3.05) is 36.8 Å². The molecule has 0 radical (unpaired) electrons. The third-order valence-electron chi connectivity index (χ3n) is 7.78. The maximum Gasteiger partial charge on any atom is 0.321 e. The molecule has 1 saturated carbocycles. The molecule has 1 aliphatic heterocycles. The normalized spacial score (nSPS) is 16.5. The quantitative estimate of drug-likeness (QED) is 0.355. The van der Waals surface area contributed by atoms with Crippen LogP contribution in [-0.4, -0.2) is 67.6 Å². The maximum absolute atomic E-state index is 13.4. The molecule has 198 valence electrons. The molecule has 2 amide bonds. The van der Waals surface area contributed by atoms with Gasteiger partial charge < -0.3 is 20.1 Å². The number of anilines is 3. The van der Waals surface area contributed by atoms with Crippen LogP contribution in [0, 0.1) is 6.92 Å². The molecule has 2 fully saturated rings. The van der Waals surface area contributed by atoms with E-state index in [1.165, 1.54) is 12.8 Å². The van der Waals surface area contributed by atoms with Crippen molar-refractivity contribution >= 4 is 45.3 Å². The lowest BCUT2D eigenvalue weighted by atomic mass is 10.1. The van der Waals surface area contributed by atoms with Gasteiger partial charge in [-0.2, -0.15) is 0 Å². The Labute approximate surface area is 223 Å². The Morgan fingerprint density at radius 2 is 1.87 bits per heavy atom. The van der Waals surface area contributed by atoms with E-state index in [4.69, 9.17) is 9.97 Å². The van der Waals surface area contributed by atoms with Crippen molar-refractivity contribution in [1.29, 1.82) is 0 Å². The Hall–Kier alpha value is -3.72. The average molecular weight is 513 g/mol. The first-order valence-corrected chi connectivity index (χ1v) is 13.7. The van der Waals surface area contributed by atoms with Crippen molar-refractivity contribution in [2.24, 2.45) is 0 Å². The summed E-state index contributed by atoms with van der Waals surface area (Å²) in [5, 5.41) is 7.61. The number of hydrogen-bond acceptors (Lipinski definition) is 6. The summed E-state index contributed by atoms with van der Waals surface area (Å²) in [4.78, 5) is 32.0. The van der Waals surface area contributed by atoms with E-state index in [2.05, 4.69) is 64.9 Å². The molecule has 2 aromatic heterocycles. The van der Waals surface area contributed by atoms with Gasteiger partial charge in [0, 0.05) is 62.0 Å². The number of para-hydroxylation sites is 1. The number of benzene rings is 2. The first-order valence-electron chi connectivity index (χ1n) is 13.7. The van der Waals surface area contributed by atoms with Crippen LogP contribution >= 0.6 is 0 Å². The zero-order valence-electron chi connectivity index (χ0n) is 22.7. The van der Waals surface area contributed by atoms with E-state index in [0.29, 0.717) is 36.7 Å². The van der Waals surface area contributed by atoms with Crippen molar-refractivity contribution in [1.82, 2.24) is 29.3 Å². The predicted molar refractivity (Wildman–Crippen MR) is 152 cm³/mol. The molecule has 2 aliphatic rings. The van der Waals surface area contributed by atoms with Crippen molar-refractivity contribution < 1.29 is 4.79 Å². The van der Waals surface area contributed by atoms with Crippen molar-refractivity contribution in [3.63, 3.8) is 0 Å². The first kappa shape index (κ1) is 24.6. The molecule has 4 aromatic rings. The standard InChI is InChI=1S/C29H36N8O/c1-5-37-24-16-22(31-28-30-17-21-8-6-7-19(4)25(21)34-28)15-23(26(24)33-27(37)20-9-10-20)32-29(38)36-13-11-35(12-14-36)18(2)3/h6-8,15-18,20H,5,9-14H2,1-4H3,(H,32,38)(H,30,31,34). The number of carbonyl (C=O) groups is 1. The number of nitrogens with one attached hydrogen (secondary N) is 2. The van der Waals surface area contributed by atoms with Crippen LogP contribution in [0.25, 0.3) is 21.9 Å². The molecule has 0 atom stereocenters. The highest BCUT2D eigenvalue weighted by Gasteiger charge is 2.30. The molecule has 2 aromatic carbocycles. The fourth-order valence-electron chi connectivity index (χ4n) is 5.42. The van der Waals surface area contributed by atoms with Crippen LogP contribution in [0.2, 0.25) is 0 Å². The molecule has 1 saturated heterocycles. The molecule has 6 rings (SSSR count). The van der Waals surface area contributed by atoms with E-state index in [1.807, 2.05) is 29.3 Å². The monoisotopic (exact) mass is 512 g/mol. The van der Waals surface area contributed by atoms with Gasteiger partial charge >= 0.3 is 6.03 Å². The molecule has 0 unspecified atom stereocenters. The summed E-state index contributed by atoms with van der Waals surface area (Å²) in [6, 6.07) is 10.6. The summed E-state index contributed by atoms with van der Waals surface area (Å²) in [7, 11) is 0. The molecule has 0 bridgehead atoms. The lowest BCUT2D eigenvalue weighted by Crippen LogP contribution is -2.51. The second-order valence-electron chi connectivity index (χ2n) is 10.8. The van der Waals surface area contributed by atoms with E-state index in [0.717, 1.165) is 58.6 Å². The molecular formula is C29H36N8O. The molecule has 0 spiro atoms. The van der Waals surface area contributed by atoms with Gasteiger partial charge in [0.2, 0.25) is 5.95 Å². The third kappa shape index (κ3) is 4.67. The molecular weight excluding hydrogens is 476 g/mol. The minimum Gasteiger partial charge on any atom is -0.328 e. The summed E-state index contributed by atoms with van der Waals surface area (Å²) < 4.78 is 2.28. The van der Waals surface area contributed by atoms with Gasteiger partial charge in [-0.05, 0) is 58.2 Å². The topological polar surface area (TPSA) is 91.2 Å². The van der Waals surface area contributed by atoms with E-state index >= 15 is 0 Å². The molecule has 9 heteroatoms. The smallest absolute Gasteiger partial charge is 0.321 e. The van der Waals surface area contributed by atoms with E-state index in [-0.39, 0.29) is 6.03 Å². The van der Waals surface area contributed by atoms with Crippen LogP contribution in [-0.2, 0) is 6.54 Å². The lowest BCUT2D eigenvalue weighted by Gasteiger charge is -2.36. The molecule has 1 aliphatic carbocycles. The number of aryl methyl sites for hydroxylation is 2. The van der Waals surface area contributed by atoms with E-state index in [9.17, 15) is 4.79 Å². The SMILES string of the molecule is CCn1c(C2CC2)nc2c(NC(=O)N3CCN(C(C)C)CC3)cc(Nc3ncc4cccc(C)c4n3)cc21. The number of fused-ring (bicyclic) bond motifs is 2. The van der Waals surface area contributed by atoms with Crippen molar-refractivity contribution in [3.05, 3.63) is 47.9 Å². The highest BCUT2D eigenvalue weighted by molar-refractivity contribution is 6.01. The van der Waals surface area contributed by atoms with Crippen molar-refractivity contribution in [3.8, 4) is 0 Å². The largest absolute Gasteiger partial charge is 0.328 e. The minimum atomic E-state index is -0.0801. The van der Waals surface area contributed by atoms with Crippen LogP contribution in [0.15, 0.2) is 36.5 Å². The Morgan fingerprint density at radius 3 is 2.58 bits per heavy atom. The minimum absolute atomic E-state index is 0.0801. The number of amides is 2. The summed E-state index contributed by atoms with van der Waals surface area (Å²) in [5.41, 5.74) is 5.41. The average Bonchev–Trinajstić information content (AvgIpc) is 3.69. The highest BCUT2D eigenvalue weighted by atomic mass is 16.2. The van der Waals surface area contributed by atoms with Gasteiger partial charge in [-0.3, -0.25) is 4.90 Å². The number of nitrogens with zero attached hydrogens (tertiary/aromatic N) is 6. The number of urea groups is 1. The Balaban J connectivity index is 1.34. The number of piperazine rings is 1. The van der Waals surface area contributed by atoms with Crippen LogP contribution in [0.5, 0.6) is 0 Å². The number of aromatic nitrogens is 4. The number of carbonyl (C=O) groups excluding carboxylic acids is 1. The van der Waals surface area contributed by atoms with Crippen LogP contribution in [0.3, 0.4) is 0 Å². The van der Waals surface area contributed by atoms with E-state index in [1.54, 1.807) is 0 Å². The van der Waals surface area contributed by atoms with Crippen LogP contribution < -0.4 is 10.6 Å². The predicted octanol–water partition coefficient (Wildman–Crippen LogP) is 5.49. The second kappa shape index (κ2) is 9.87. The Bertz CT molecular complexity index is 1500. The van der Waals surface area contributed by atoms with Gasteiger partial charge in [0.1, 0.15) is 11.3 Å². The zero-order valence-corrected chi connectivity index (χ0v) is 22.7. The lowest BCUT2D eigenvalue weighted by molar-refractivity contribution is 0.125. The Kier molecular flexibility index (Phi) is 6.39. The van der Waals surface area contributed by atoms with Gasteiger partial charge in [-0.15, -0.1) is 0 Å². The molecule has 9 nitrogen and oxygen atoms in total. The van der Waals surface area contributed by atoms with Crippen molar-refractivity contribution in [2.45, 2.75) is 59.0 Å². The molecule has 2 N–H and O–H groups in total. The van der Waals surface area contributed by atoms with Gasteiger partial charge in [0.15, 0.2) is 0 Å². The van der Waals surface area contributed by atoms with Gasteiger partial charge in [-0.25, -0.2) is 19.7 Å². The Morgan fingerprint density at radius 1 is 1.08 bits per heavy atom. The van der Waals surface area contributed by atoms with Crippen LogP contribution in [0.4, 0.5) is 22.1 Å². The summed E-state index contributed by atoms with van der Waals surface area (Å²) in [6.45, 7) is 12.6. The number of imidazole rings is 1. The number of hydrogen-bond donors (Lipinski definition) is 2. The fourth-order valence-corrected chi connectivity index (χ4v) is 5.42. The molecule has 38 heavy (non-hydrogen) atoms. The maximum atomic E-state index is 13.4. The summed E-state index contributed by atoms with van der Waals surface area (Å²) in [5.74, 6) is 2.13. The summed E-state index contributed by atoms with van der Waals surface area (Å²) in [6.07, 6.45) is 4.18. The zero-order chi connectivity index (χ0) is 26.4. The third-order valence-corrected chi connectivity index (χ3v) is 7.78. The van der Waals surface area contributed by atoms with Gasteiger partial charge in [0.25, 0.3) is 0 Å². The second-order valence-corrected chi connectivity index (χ2v) is 10.8. The van der Waals surface area contributed by atoms with Crippen LogP contribution in [0.1, 0.15) is 50.9 Å². The van der Waals surface area contributed by atoms with E-state index < -0.39 is 0 Å². The first-order chi connectivity index (χ1) is 18.4. The number of rotatable bonds is 6. The van der Waals surface area contributed by atoms with Gasteiger partial charge in [-0.1, -0.05) is 18.2 Å².